The minimum atomic E-state index is -0.736. The van der Waals surface area contributed by atoms with Gasteiger partial charge in [-0.15, -0.1) is 18.3 Å². The van der Waals surface area contributed by atoms with Crippen LogP contribution in [0.5, 0.6) is 23.1 Å². The Kier molecular flexibility index (Phi) is 6.51. The van der Waals surface area contributed by atoms with Gasteiger partial charge in [0.2, 0.25) is 11.6 Å². The number of aromatic nitrogens is 2. The maximum absolute atomic E-state index is 12.8. The Morgan fingerprint density at radius 3 is 2.53 bits per heavy atom. The number of ether oxygens (including phenoxy) is 2. The van der Waals surface area contributed by atoms with E-state index in [4.69, 9.17) is 14.5 Å². The van der Waals surface area contributed by atoms with E-state index in [2.05, 4.69) is 11.6 Å². The second-order valence-corrected chi connectivity index (χ2v) is 8.71. The molecule has 4 rings (SSSR count). The fourth-order valence-electron chi connectivity index (χ4n) is 3.77. The van der Waals surface area contributed by atoms with E-state index in [1.165, 1.54) is 32.1 Å². The molecule has 0 saturated heterocycles. The molecule has 0 radical (unpaired) electrons. The minimum Gasteiger partial charge on any atom is -0.502 e. The molecule has 0 saturated carbocycles. The average Bonchev–Trinajstić information content (AvgIpc) is 3.01. The number of phenols is 1. The van der Waals surface area contributed by atoms with Crippen LogP contribution in [0.3, 0.4) is 0 Å². The van der Waals surface area contributed by atoms with Crippen molar-refractivity contribution < 1.29 is 19.7 Å². The van der Waals surface area contributed by atoms with E-state index >= 15 is 0 Å². The Labute approximate surface area is 199 Å². The van der Waals surface area contributed by atoms with Crippen molar-refractivity contribution in [2.75, 3.05) is 14.2 Å². The number of thioether (sulfide) groups is 1. The van der Waals surface area contributed by atoms with E-state index in [1.54, 1.807) is 12.1 Å². The number of rotatable bonds is 6. The van der Waals surface area contributed by atoms with Gasteiger partial charge in [0.25, 0.3) is 5.56 Å². The molecule has 0 spiro atoms. The SMILES string of the molecule is C=CCn1c(O)c(C2=Nc3ccccc3S[C@H](c3cc(OC)c(O)c(OC)c3)C2)c(=O)[nH]c1=O. The lowest BCUT2D eigenvalue weighted by Gasteiger charge is -2.19. The third-order valence-electron chi connectivity index (χ3n) is 5.41. The number of hydrogen-bond acceptors (Lipinski definition) is 8. The highest BCUT2D eigenvalue weighted by Crippen LogP contribution is 2.48. The standard InChI is InChI=1S/C24H23N3O6S/c1-4-9-27-23(30)20(22(29)26-24(27)31)15-12-19(34-18-8-6-5-7-14(18)25-15)13-10-16(32-2)21(28)17(11-13)33-3/h4-8,10-11,19,28,30H,1,9,12H2,2-3H3,(H,26,29,31)/t19-/m0/s1. The van der Waals surface area contributed by atoms with Gasteiger partial charge in [-0.1, -0.05) is 18.2 Å². The largest absolute Gasteiger partial charge is 0.502 e. The minimum absolute atomic E-state index is 0.0167. The number of nitrogens with zero attached hydrogens (tertiary/aromatic N) is 2. The zero-order valence-electron chi connectivity index (χ0n) is 18.6. The van der Waals surface area contributed by atoms with Gasteiger partial charge in [0.15, 0.2) is 11.5 Å². The maximum atomic E-state index is 12.8. The zero-order chi connectivity index (χ0) is 24.4. The second kappa shape index (κ2) is 9.52. The van der Waals surface area contributed by atoms with Gasteiger partial charge in [-0.25, -0.2) is 4.79 Å². The number of aliphatic imine (C=N–C) groups is 1. The molecule has 0 bridgehead atoms. The fourth-order valence-corrected chi connectivity index (χ4v) is 4.98. The van der Waals surface area contributed by atoms with E-state index in [1.807, 2.05) is 24.3 Å². The van der Waals surface area contributed by atoms with Crippen molar-refractivity contribution in [2.24, 2.45) is 4.99 Å². The lowest BCUT2D eigenvalue weighted by molar-refractivity contribution is 0.339. The highest BCUT2D eigenvalue weighted by molar-refractivity contribution is 7.99. The number of allylic oxidation sites excluding steroid dienone is 1. The van der Waals surface area contributed by atoms with Crippen LogP contribution in [0.15, 0.2) is 68.5 Å². The van der Waals surface area contributed by atoms with Crippen LogP contribution in [0, 0.1) is 0 Å². The number of hydrogen-bond donors (Lipinski definition) is 3. The van der Waals surface area contributed by atoms with Gasteiger partial charge in [-0.05, 0) is 29.8 Å². The number of aromatic hydroxyl groups is 2. The van der Waals surface area contributed by atoms with E-state index in [9.17, 15) is 19.8 Å². The molecule has 1 aliphatic heterocycles. The molecule has 0 unspecified atom stereocenters. The molecule has 34 heavy (non-hydrogen) atoms. The van der Waals surface area contributed by atoms with Crippen molar-refractivity contribution in [1.82, 2.24) is 9.55 Å². The van der Waals surface area contributed by atoms with Crippen molar-refractivity contribution >= 4 is 23.2 Å². The summed E-state index contributed by atoms with van der Waals surface area (Å²) in [4.78, 5) is 32.9. The molecule has 0 amide bonds. The summed E-state index contributed by atoms with van der Waals surface area (Å²) >= 11 is 1.52. The van der Waals surface area contributed by atoms with Crippen molar-refractivity contribution in [3.05, 3.63) is 81.0 Å². The molecule has 3 N–H and O–H groups in total. The normalized spacial score (nSPS) is 15.1. The fraction of sp³-hybridized carbons (Fsp3) is 0.208. The molecule has 0 fully saturated rings. The lowest BCUT2D eigenvalue weighted by atomic mass is 10.0. The van der Waals surface area contributed by atoms with E-state index in [-0.39, 0.29) is 41.0 Å². The van der Waals surface area contributed by atoms with Gasteiger partial charge in [-0.3, -0.25) is 19.3 Å². The molecule has 176 valence electrons. The highest BCUT2D eigenvalue weighted by atomic mass is 32.2. The quantitative estimate of drug-likeness (QED) is 0.460. The summed E-state index contributed by atoms with van der Waals surface area (Å²) < 4.78 is 11.7. The molecular formula is C24H23N3O6S. The summed E-state index contributed by atoms with van der Waals surface area (Å²) in [6.45, 7) is 3.62. The van der Waals surface area contributed by atoms with Crippen LogP contribution in [0.2, 0.25) is 0 Å². The van der Waals surface area contributed by atoms with Crippen LogP contribution >= 0.6 is 11.8 Å². The predicted octanol–water partition coefficient (Wildman–Crippen LogP) is 3.51. The van der Waals surface area contributed by atoms with Crippen molar-refractivity contribution in [2.45, 2.75) is 23.1 Å². The van der Waals surface area contributed by atoms with E-state index in [0.717, 1.165) is 15.0 Å². The molecule has 1 atom stereocenters. The Morgan fingerprint density at radius 1 is 1.21 bits per heavy atom. The Morgan fingerprint density at radius 2 is 1.88 bits per heavy atom. The molecule has 2 heterocycles. The average molecular weight is 482 g/mol. The third-order valence-corrected chi connectivity index (χ3v) is 6.74. The first-order valence-corrected chi connectivity index (χ1v) is 11.2. The first kappa shape index (κ1) is 23.2. The summed E-state index contributed by atoms with van der Waals surface area (Å²) in [5.41, 5.74) is 0.149. The van der Waals surface area contributed by atoms with E-state index < -0.39 is 17.1 Å². The molecule has 3 aromatic rings. The Hall–Kier alpha value is -3.92. The first-order valence-electron chi connectivity index (χ1n) is 10.3. The highest BCUT2D eigenvalue weighted by Gasteiger charge is 2.28. The molecule has 1 aliphatic rings. The number of aromatic amines is 1. The number of fused-ring (bicyclic) bond motifs is 1. The molecule has 0 aliphatic carbocycles. The topological polar surface area (TPSA) is 126 Å². The van der Waals surface area contributed by atoms with Crippen LogP contribution < -0.4 is 20.7 Å². The number of benzene rings is 2. The predicted molar refractivity (Wildman–Crippen MR) is 130 cm³/mol. The van der Waals surface area contributed by atoms with Crippen LogP contribution in [-0.2, 0) is 6.54 Å². The number of nitrogens with one attached hydrogen (secondary N) is 1. The lowest BCUT2D eigenvalue weighted by Crippen LogP contribution is -2.34. The Balaban J connectivity index is 1.92. The summed E-state index contributed by atoms with van der Waals surface area (Å²) in [6, 6.07) is 10.8. The maximum Gasteiger partial charge on any atom is 0.331 e. The van der Waals surface area contributed by atoms with Crippen LogP contribution in [0.25, 0.3) is 0 Å². The first-order chi connectivity index (χ1) is 16.4. The second-order valence-electron chi connectivity index (χ2n) is 7.47. The van der Waals surface area contributed by atoms with Gasteiger partial charge in [-0.2, -0.15) is 0 Å². The summed E-state index contributed by atoms with van der Waals surface area (Å²) in [7, 11) is 2.89. The smallest absolute Gasteiger partial charge is 0.331 e. The number of methoxy groups -OCH3 is 2. The monoisotopic (exact) mass is 481 g/mol. The molecular weight excluding hydrogens is 458 g/mol. The number of phenolic OH excluding ortho intramolecular Hbond substituents is 1. The van der Waals surface area contributed by atoms with Crippen LogP contribution in [0.4, 0.5) is 5.69 Å². The van der Waals surface area contributed by atoms with Gasteiger partial charge in [0, 0.05) is 23.1 Å². The van der Waals surface area contributed by atoms with Gasteiger partial charge in [0.05, 0.1) is 25.6 Å². The van der Waals surface area contributed by atoms with Gasteiger partial charge < -0.3 is 19.7 Å². The summed E-state index contributed by atoms with van der Waals surface area (Å²) in [5, 5.41) is 20.9. The van der Waals surface area contributed by atoms with Gasteiger partial charge in [0.1, 0.15) is 5.56 Å². The van der Waals surface area contributed by atoms with Crippen LogP contribution in [0.1, 0.15) is 22.8 Å². The molecule has 9 nitrogen and oxygen atoms in total. The number of H-pyrrole nitrogens is 1. The van der Waals surface area contributed by atoms with Gasteiger partial charge >= 0.3 is 5.69 Å². The van der Waals surface area contributed by atoms with Crippen LogP contribution in [-0.4, -0.2) is 39.7 Å². The molecule has 1 aromatic heterocycles. The molecule has 10 heteroatoms. The summed E-state index contributed by atoms with van der Waals surface area (Å²) in [5.74, 6) is -0.110. The van der Waals surface area contributed by atoms with Crippen molar-refractivity contribution in [3.63, 3.8) is 0 Å². The van der Waals surface area contributed by atoms with E-state index in [0.29, 0.717) is 11.4 Å². The third kappa shape index (κ3) is 4.19. The summed E-state index contributed by atoms with van der Waals surface area (Å²) in [6.07, 6.45) is 1.68. The van der Waals surface area contributed by atoms with Crippen molar-refractivity contribution in [1.29, 1.82) is 0 Å². The van der Waals surface area contributed by atoms with Crippen molar-refractivity contribution in [3.8, 4) is 23.1 Å². The molecule has 2 aromatic carbocycles. The zero-order valence-corrected chi connectivity index (χ0v) is 19.4. The Bertz CT molecular complexity index is 1380. The number of para-hydroxylation sites is 1.